The molecule has 0 fully saturated rings. The second-order valence-electron chi connectivity index (χ2n) is 4.01. The van der Waals surface area contributed by atoms with Crippen LogP contribution in [0.2, 0.25) is 0 Å². The van der Waals surface area contributed by atoms with Gasteiger partial charge in [0.1, 0.15) is 0 Å². The van der Waals surface area contributed by atoms with Crippen molar-refractivity contribution in [1.82, 2.24) is 5.32 Å². The highest BCUT2D eigenvalue weighted by Gasteiger charge is 2.22. The lowest BCUT2D eigenvalue weighted by Gasteiger charge is -2.15. The summed E-state index contributed by atoms with van der Waals surface area (Å²) >= 11 is 0. The van der Waals surface area contributed by atoms with Gasteiger partial charge < -0.3 is 10.3 Å². The molecule has 0 atom stereocenters. The minimum Gasteiger partial charge on any atom is -0.352 e. The monoisotopic (exact) mass is 219 g/mol. The van der Waals surface area contributed by atoms with Crippen molar-refractivity contribution in [2.45, 2.75) is 19.8 Å². The zero-order valence-corrected chi connectivity index (χ0v) is 9.49. The van der Waals surface area contributed by atoms with Crippen molar-refractivity contribution in [1.29, 1.82) is 0 Å². The lowest BCUT2D eigenvalue weighted by molar-refractivity contribution is 0.0954. The van der Waals surface area contributed by atoms with Gasteiger partial charge in [-0.05, 0) is 24.5 Å². The van der Waals surface area contributed by atoms with Gasteiger partial charge >= 0.3 is 0 Å². The first-order valence-corrected chi connectivity index (χ1v) is 5.66. The number of carbonyl (C=O) groups is 1. The van der Waals surface area contributed by atoms with E-state index in [1.54, 1.807) is 5.01 Å². The number of carbonyl (C=O) groups excluding carboxylic acids is 1. The Morgan fingerprint density at radius 2 is 2.38 bits per heavy atom. The van der Waals surface area contributed by atoms with Gasteiger partial charge in [-0.3, -0.25) is 4.79 Å². The van der Waals surface area contributed by atoms with E-state index in [1.807, 2.05) is 25.1 Å². The second-order valence-corrected chi connectivity index (χ2v) is 4.01. The van der Waals surface area contributed by atoms with Gasteiger partial charge in [0.2, 0.25) is 0 Å². The summed E-state index contributed by atoms with van der Waals surface area (Å²) in [6, 6.07) is 5.77. The number of para-hydroxylation sites is 1. The summed E-state index contributed by atoms with van der Waals surface area (Å²) in [5.41, 5.74) is 2.73. The summed E-state index contributed by atoms with van der Waals surface area (Å²) in [7, 11) is 0. The molecule has 0 unspecified atom stereocenters. The molecule has 1 amide bonds. The first kappa shape index (κ1) is 11.0. The normalized spacial score (nSPS) is 13.8. The fourth-order valence-electron chi connectivity index (χ4n) is 2.00. The van der Waals surface area contributed by atoms with E-state index in [9.17, 15) is 4.79 Å². The van der Waals surface area contributed by atoms with Gasteiger partial charge in [-0.15, -0.1) is 0 Å². The van der Waals surface area contributed by atoms with Crippen LogP contribution < -0.4 is 16.2 Å². The largest absolute Gasteiger partial charge is 0.352 e. The summed E-state index contributed by atoms with van der Waals surface area (Å²) < 4.78 is 0. The van der Waals surface area contributed by atoms with Crippen molar-refractivity contribution < 1.29 is 4.79 Å². The Bertz CT molecular complexity index is 403. The molecule has 4 heteroatoms. The van der Waals surface area contributed by atoms with Crippen LogP contribution in [0.1, 0.15) is 29.3 Å². The quantitative estimate of drug-likeness (QED) is 0.747. The summed E-state index contributed by atoms with van der Waals surface area (Å²) in [5.74, 6) is 5.84. The molecular weight excluding hydrogens is 202 g/mol. The molecular formula is C12H17N3O. The number of hydrogen-bond acceptors (Lipinski definition) is 3. The lowest BCUT2D eigenvalue weighted by atomic mass is 10.1. The lowest BCUT2D eigenvalue weighted by Crippen LogP contribution is -2.32. The number of fused-ring (bicyclic) bond motifs is 1. The maximum Gasteiger partial charge on any atom is 0.253 e. The van der Waals surface area contributed by atoms with E-state index < -0.39 is 0 Å². The molecule has 2 rings (SSSR count). The van der Waals surface area contributed by atoms with Crippen LogP contribution in [0.5, 0.6) is 0 Å². The molecule has 3 N–H and O–H groups in total. The van der Waals surface area contributed by atoms with E-state index in [2.05, 4.69) is 5.32 Å². The van der Waals surface area contributed by atoms with Crippen molar-refractivity contribution >= 4 is 11.6 Å². The van der Waals surface area contributed by atoms with Gasteiger partial charge in [0, 0.05) is 13.1 Å². The maximum atomic E-state index is 11.9. The van der Waals surface area contributed by atoms with E-state index in [0.717, 1.165) is 30.6 Å². The van der Waals surface area contributed by atoms with Crippen LogP contribution in [0.15, 0.2) is 18.2 Å². The summed E-state index contributed by atoms with van der Waals surface area (Å²) in [6.07, 6.45) is 1.85. The van der Waals surface area contributed by atoms with Crippen molar-refractivity contribution in [3.05, 3.63) is 29.3 Å². The first-order chi connectivity index (χ1) is 7.74. The minimum atomic E-state index is -0.0314. The Balaban J connectivity index is 2.28. The molecule has 0 aliphatic carbocycles. The summed E-state index contributed by atoms with van der Waals surface area (Å²) in [6.45, 7) is 3.52. The molecule has 1 heterocycles. The third-order valence-electron chi connectivity index (χ3n) is 2.81. The fraction of sp³-hybridized carbons (Fsp3) is 0.417. The Labute approximate surface area is 95.4 Å². The third-order valence-corrected chi connectivity index (χ3v) is 2.81. The number of hydrazine groups is 1. The second kappa shape index (κ2) is 4.53. The van der Waals surface area contributed by atoms with Crippen molar-refractivity contribution in [3.8, 4) is 0 Å². The molecule has 1 aliphatic heterocycles. The molecule has 1 aromatic carbocycles. The molecule has 0 spiro atoms. The molecule has 86 valence electrons. The minimum absolute atomic E-state index is 0.0314. The third kappa shape index (κ3) is 1.88. The zero-order valence-electron chi connectivity index (χ0n) is 9.49. The summed E-state index contributed by atoms with van der Waals surface area (Å²) in [5, 5.41) is 4.54. The van der Waals surface area contributed by atoms with E-state index >= 15 is 0 Å². The topological polar surface area (TPSA) is 58.4 Å². The average Bonchev–Trinajstić information content (AvgIpc) is 2.68. The fourth-order valence-corrected chi connectivity index (χ4v) is 2.00. The number of nitrogens with two attached hydrogens (primary N) is 1. The Morgan fingerprint density at radius 3 is 3.12 bits per heavy atom. The highest BCUT2D eigenvalue weighted by atomic mass is 16.1. The predicted octanol–water partition coefficient (Wildman–Crippen LogP) is 1.06. The molecule has 0 saturated carbocycles. The van der Waals surface area contributed by atoms with E-state index in [0.29, 0.717) is 12.1 Å². The van der Waals surface area contributed by atoms with Crippen LogP contribution in [-0.2, 0) is 6.42 Å². The number of hydrogen-bond donors (Lipinski definition) is 2. The molecule has 4 nitrogen and oxygen atoms in total. The van der Waals surface area contributed by atoms with Gasteiger partial charge in [-0.25, -0.2) is 5.84 Å². The Kier molecular flexibility index (Phi) is 3.10. The van der Waals surface area contributed by atoms with Gasteiger partial charge in [0.15, 0.2) is 0 Å². The number of nitrogens with zero attached hydrogens (tertiary/aromatic N) is 1. The van der Waals surface area contributed by atoms with Gasteiger partial charge in [0.25, 0.3) is 5.91 Å². The molecule has 0 saturated heterocycles. The van der Waals surface area contributed by atoms with Crippen molar-refractivity contribution in [2.75, 3.05) is 18.1 Å². The van der Waals surface area contributed by atoms with Gasteiger partial charge in [-0.1, -0.05) is 19.1 Å². The number of nitrogens with one attached hydrogen (secondary N) is 1. The predicted molar refractivity (Wildman–Crippen MR) is 64.3 cm³/mol. The Morgan fingerprint density at radius 1 is 1.56 bits per heavy atom. The molecule has 0 bridgehead atoms. The van der Waals surface area contributed by atoms with E-state index in [1.165, 1.54) is 0 Å². The van der Waals surface area contributed by atoms with Crippen LogP contribution in [0.4, 0.5) is 5.69 Å². The van der Waals surface area contributed by atoms with Crippen LogP contribution in [0.25, 0.3) is 0 Å². The SMILES string of the molecule is CCCNC(=O)c1cccc2c1N(N)CC2. The van der Waals surface area contributed by atoms with E-state index in [4.69, 9.17) is 5.84 Å². The standard InChI is InChI=1S/C12H17N3O/c1-2-7-14-12(16)10-5-3-4-9-6-8-15(13)11(9)10/h3-5H,2,6-8,13H2,1H3,(H,14,16). The van der Waals surface area contributed by atoms with Crippen LogP contribution in [0, 0.1) is 0 Å². The average molecular weight is 219 g/mol. The van der Waals surface area contributed by atoms with Crippen molar-refractivity contribution in [3.63, 3.8) is 0 Å². The highest BCUT2D eigenvalue weighted by molar-refractivity contribution is 6.00. The number of amides is 1. The van der Waals surface area contributed by atoms with Gasteiger partial charge in [0.05, 0.1) is 11.3 Å². The summed E-state index contributed by atoms with van der Waals surface area (Å²) in [4.78, 5) is 11.9. The zero-order chi connectivity index (χ0) is 11.5. The molecule has 1 aliphatic rings. The van der Waals surface area contributed by atoms with Crippen LogP contribution >= 0.6 is 0 Å². The first-order valence-electron chi connectivity index (χ1n) is 5.66. The molecule has 0 radical (unpaired) electrons. The maximum absolute atomic E-state index is 11.9. The number of anilines is 1. The smallest absolute Gasteiger partial charge is 0.253 e. The molecule has 16 heavy (non-hydrogen) atoms. The number of rotatable bonds is 3. The molecule has 0 aromatic heterocycles. The van der Waals surface area contributed by atoms with Crippen LogP contribution in [0.3, 0.4) is 0 Å². The van der Waals surface area contributed by atoms with Gasteiger partial charge in [-0.2, -0.15) is 0 Å². The van der Waals surface area contributed by atoms with Crippen molar-refractivity contribution in [2.24, 2.45) is 5.84 Å². The number of benzene rings is 1. The Hall–Kier alpha value is -1.55. The van der Waals surface area contributed by atoms with Crippen LogP contribution in [-0.4, -0.2) is 19.0 Å². The molecule has 1 aromatic rings. The van der Waals surface area contributed by atoms with E-state index in [-0.39, 0.29) is 5.91 Å². The highest BCUT2D eigenvalue weighted by Crippen LogP contribution is 2.29.